The molecule has 1 atom stereocenters. The van der Waals surface area contributed by atoms with Gasteiger partial charge >= 0.3 is 0 Å². The molecule has 1 aromatic carbocycles. The summed E-state index contributed by atoms with van der Waals surface area (Å²) >= 11 is 0. The summed E-state index contributed by atoms with van der Waals surface area (Å²) in [5.74, 6) is 0. The molecule has 0 aliphatic carbocycles. The molecule has 1 unspecified atom stereocenters. The van der Waals surface area contributed by atoms with E-state index >= 15 is 0 Å². The van der Waals surface area contributed by atoms with Crippen LogP contribution < -0.4 is 0 Å². The van der Waals surface area contributed by atoms with Gasteiger partial charge in [0.05, 0.1) is 32.5 Å². The zero-order valence-electron chi connectivity index (χ0n) is 11.3. The largest absolute Gasteiger partial charge is 0.394 e. The SMILES string of the molecule is OCCOCCN1CCOC(Cc2ccccc2)C1. The Morgan fingerprint density at radius 2 is 2.11 bits per heavy atom. The number of benzene rings is 1. The fourth-order valence-corrected chi connectivity index (χ4v) is 2.34. The lowest BCUT2D eigenvalue weighted by atomic mass is 10.1. The fourth-order valence-electron chi connectivity index (χ4n) is 2.34. The van der Waals surface area contributed by atoms with Crippen molar-refractivity contribution in [2.24, 2.45) is 0 Å². The summed E-state index contributed by atoms with van der Waals surface area (Å²) < 4.78 is 11.1. The van der Waals surface area contributed by atoms with Crippen molar-refractivity contribution in [1.82, 2.24) is 4.90 Å². The number of ether oxygens (including phenoxy) is 2. The van der Waals surface area contributed by atoms with E-state index in [1.807, 2.05) is 6.07 Å². The topological polar surface area (TPSA) is 41.9 Å². The van der Waals surface area contributed by atoms with Crippen LogP contribution in [-0.4, -0.2) is 62.2 Å². The molecule has 1 N–H and O–H groups in total. The van der Waals surface area contributed by atoms with Gasteiger partial charge in [0.15, 0.2) is 0 Å². The van der Waals surface area contributed by atoms with E-state index in [9.17, 15) is 0 Å². The molecule has 4 nitrogen and oxygen atoms in total. The third-order valence-corrected chi connectivity index (χ3v) is 3.32. The van der Waals surface area contributed by atoms with Crippen molar-refractivity contribution in [3.63, 3.8) is 0 Å². The Hall–Kier alpha value is -0.940. The minimum absolute atomic E-state index is 0.0970. The Bertz CT molecular complexity index is 345. The number of morpholine rings is 1. The minimum atomic E-state index is 0.0970. The average Bonchev–Trinajstić information content (AvgIpc) is 2.45. The van der Waals surface area contributed by atoms with Gasteiger partial charge in [-0.2, -0.15) is 0 Å². The van der Waals surface area contributed by atoms with Crippen LogP contribution in [0.5, 0.6) is 0 Å². The maximum atomic E-state index is 8.65. The lowest BCUT2D eigenvalue weighted by Gasteiger charge is -2.32. The second-order valence-electron chi connectivity index (χ2n) is 4.82. The maximum Gasteiger partial charge on any atom is 0.0742 e. The summed E-state index contributed by atoms with van der Waals surface area (Å²) in [5, 5.41) is 8.65. The van der Waals surface area contributed by atoms with E-state index in [2.05, 4.69) is 29.2 Å². The second kappa shape index (κ2) is 8.27. The van der Waals surface area contributed by atoms with E-state index in [-0.39, 0.29) is 12.7 Å². The Kier molecular flexibility index (Phi) is 6.30. The number of nitrogens with zero attached hydrogens (tertiary/aromatic N) is 1. The van der Waals surface area contributed by atoms with E-state index in [1.165, 1.54) is 5.56 Å². The van der Waals surface area contributed by atoms with Crippen LogP contribution in [0, 0.1) is 0 Å². The van der Waals surface area contributed by atoms with Crippen LogP contribution in [0.1, 0.15) is 5.56 Å². The van der Waals surface area contributed by atoms with Gasteiger partial charge in [0.2, 0.25) is 0 Å². The van der Waals surface area contributed by atoms with Gasteiger partial charge in [0.25, 0.3) is 0 Å². The van der Waals surface area contributed by atoms with Crippen molar-refractivity contribution >= 4 is 0 Å². The van der Waals surface area contributed by atoms with Crippen LogP contribution in [0.2, 0.25) is 0 Å². The molecule has 1 fully saturated rings. The molecule has 2 rings (SSSR count). The predicted octanol–water partition coefficient (Wildman–Crippen LogP) is 0.939. The first-order valence-electron chi connectivity index (χ1n) is 6.95. The summed E-state index contributed by atoms with van der Waals surface area (Å²) in [5.41, 5.74) is 1.32. The average molecular weight is 265 g/mol. The van der Waals surface area contributed by atoms with Crippen LogP contribution in [0.3, 0.4) is 0 Å². The van der Waals surface area contributed by atoms with Crippen molar-refractivity contribution in [2.45, 2.75) is 12.5 Å². The van der Waals surface area contributed by atoms with E-state index in [0.29, 0.717) is 13.2 Å². The highest BCUT2D eigenvalue weighted by atomic mass is 16.5. The van der Waals surface area contributed by atoms with Crippen molar-refractivity contribution in [3.8, 4) is 0 Å². The van der Waals surface area contributed by atoms with Crippen LogP contribution in [0.15, 0.2) is 30.3 Å². The second-order valence-corrected chi connectivity index (χ2v) is 4.82. The quantitative estimate of drug-likeness (QED) is 0.745. The fraction of sp³-hybridized carbons (Fsp3) is 0.600. The third kappa shape index (κ3) is 5.28. The molecule has 0 bridgehead atoms. The zero-order valence-corrected chi connectivity index (χ0v) is 11.3. The smallest absolute Gasteiger partial charge is 0.0742 e. The Morgan fingerprint density at radius 3 is 2.89 bits per heavy atom. The molecule has 0 aromatic heterocycles. The molecule has 0 spiro atoms. The van der Waals surface area contributed by atoms with Gasteiger partial charge in [-0.1, -0.05) is 30.3 Å². The zero-order chi connectivity index (χ0) is 13.3. The first-order valence-corrected chi connectivity index (χ1v) is 6.95. The van der Waals surface area contributed by atoms with E-state index in [4.69, 9.17) is 14.6 Å². The van der Waals surface area contributed by atoms with Crippen molar-refractivity contribution in [2.75, 3.05) is 46.1 Å². The number of hydrogen-bond acceptors (Lipinski definition) is 4. The molecule has 1 aromatic rings. The normalized spacial score (nSPS) is 20.6. The van der Waals surface area contributed by atoms with Gasteiger partial charge in [-0.05, 0) is 12.0 Å². The van der Waals surface area contributed by atoms with E-state index < -0.39 is 0 Å². The maximum absolute atomic E-state index is 8.65. The van der Waals surface area contributed by atoms with E-state index in [0.717, 1.165) is 32.7 Å². The number of aliphatic hydroxyl groups is 1. The summed E-state index contributed by atoms with van der Waals surface area (Å²) in [6.45, 7) is 4.83. The van der Waals surface area contributed by atoms with E-state index in [1.54, 1.807) is 0 Å². The molecule has 1 aliphatic heterocycles. The Balaban J connectivity index is 1.71. The Labute approximate surface area is 114 Å². The molecular weight excluding hydrogens is 242 g/mol. The van der Waals surface area contributed by atoms with Gasteiger partial charge in [-0.15, -0.1) is 0 Å². The van der Waals surface area contributed by atoms with Gasteiger partial charge in [-0.3, -0.25) is 4.90 Å². The number of hydrogen-bond donors (Lipinski definition) is 1. The van der Waals surface area contributed by atoms with Gasteiger partial charge in [0.1, 0.15) is 0 Å². The summed E-state index contributed by atoms with van der Waals surface area (Å²) in [7, 11) is 0. The molecular formula is C15H23NO3. The number of rotatable bonds is 7. The van der Waals surface area contributed by atoms with Crippen LogP contribution in [-0.2, 0) is 15.9 Å². The molecule has 1 aliphatic rings. The molecule has 1 heterocycles. The lowest BCUT2D eigenvalue weighted by Crippen LogP contribution is -2.44. The van der Waals surface area contributed by atoms with Gasteiger partial charge < -0.3 is 14.6 Å². The molecule has 0 radical (unpaired) electrons. The summed E-state index contributed by atoms with van der Waals surface area (Å²) in [6, 6.07) is 10.5. The first kappa shape index (κ1) is 14.5. The van der Waals surface area contributed by atoms with Gasteiger partial charge in [0, 0.05) is 19.6 Å². The van der Waals surface area contributed by atoms with Gasteiger partial charge in [-0.25, -0.2) is 0 Å². The highest BCUT2D eigenvalue weighted by molar-refractivity contribution is 5.15. The highest BCUT2D eigenvalue weighted by Gasteiger charge is 2.20. The molecule has 4 heteroatoms. The highest BCUT2D eigenvalue weighted by Crippen LogP contribution is 2.11. The molecule has 0 saturated carbocycles. The predicted molar refractivity (Wildman–Crippen MR) is 74.2 cm³/mol. The van der Waals surface area contributed by atoms with Crippen molar-refractivity contribution in [1.29, 1.82) is 0 Å². The first-order chi connectivity index (χ1) is 9.38. The number of aliphatic hydroxyl groups excluding tert-OH is 1. The van der Waals surface area contributed by atoms with Crippen LogP contribution >= 0.6 is 0 Å². The van der Waals surface area contributed by atoms with Crippen molar-refractivity contribution in [3.05, 3.63) is 35.9 Å². The van der Waals surface area contributed by atoms with Crippen LogP contribution in [0.4, 0.5) is 0 Å². The summed E-state index contributed by atoms with van der Waals surface area (Å²) in [6.07, 6.45) is 1.24. The molecule has 19 heavy (non-hydrogen) atoms. The third-order valence-electron chi connectivity index (χ3n) is 3.32. The molecule has 1 saturated heterocycles. The molecule has 106 valence electrons. The standard InChI is InChI=1S/C15H23NO3/c17-8-11-18-9-6-16-7-10-19-15(13-16)12-14-4-2-1-3-5-14/h1-5,15,17H,6-13H2. The lowest BCUT2D eigenvalue weighted by molar-refractivity contribution is -0.0366. The van der Waals surface area contributed by atoms with Crippen LogP contribution in [0.25, 0.3) is 0 Å². The Morgan fingerprint density at radius 1 is 1.26 bits per heavy atom. The minimum Gasteiger partial charge on any atom is -0.394 e. The summed E-state index contributed by atoms with van der Waals surface area (Å²) in [4.78, 5) is 2.37. The molecule has 0 amide bonds. The monoisotopic (exact) mass is 265 g/mol. The van der Waals surface area contributed by atoms with Crippen molar-refractivity contribution < 1.29 is 14.6 Å².